The molecule has 9 atom stereocenters. The van der Waals surface area contributed by atoms with Gasteiger partial charge in [-0.1, -0.05) is 85.2 Å². The molecule has 1 fully saturated rings. The lowest BCUT2D eigenvalue weighted by Gasteiger charge is -2.41. The molecule has 1 saturated heterocycles. The first-order chi connectivity index (χ1) is 24.5. The predicted molar refractivity (Wildman–Crippen MR) is 200 cm³/mol. The van der Waals surface area contributed by atoms with E-state index in [1.54, 1.807) is 30.8 Å². The van der Waals surface area contributed by atoms with Crippen molar-refractivity contribution in [2.45, 2.75) is 123 Å². The molecule has 4 amide bonds. The number of carbonyl (C=O) groups excluding carboxylic acids is 4. The predicted octanol–water partition coefficient (Wildman–Crippen LogP) is 3.10. The molecule has 0 bridgehead atoms. The van der Waals surface area contributed by atoms with Crippen molar-refractivity contribution in [1.29, 1.82) is 0 Å². The van der Waals surface area contributed by atoms with E-state index in [1.165, 1.54) is 14.2 Å². The molecule has 4 N–H and O–H groups in total. The number of hydrogen-bond acceptors (Lipinski definition) is 8. The number of likely N-dealkylation sites (N-methyl/N-ethyl adjacent to an activating group) is 2. The highest BCUT2D eigenvalue weighted by Gasteiger charge is 2.43. The minimum absolute atomic E-state index is 0.0112. The maximum absolute atomic E-state index is 14.1. The fourth-order valence-corrected chi connectivity index (χ4v) is 7.40. The number of likely N-dealkylation sites (tertiary alicyclic amines) is 1. The first kappa shape index (κ1) is 44.6. The van der Waals surface area contributed by atoms with E-state index in [0.717, 1.165) is 12.0 Å². The molecular formula is C39H65N5O8. The van der Waals surface area contributed by atoms with E-state index in [9.17, 15) is 29.1 Å². The number of carbonyl (C=O) groups is 5. The molecule has 0 unspecified atom stereocenters. The lowest BCUT2D eigenvalue weighted by Crippen LogP contribution is -2.59. The van der Waals surface area contributed by atoms with Crippen LogP contribution in [0.4, 0.5) is 0 Å². The van der Waals surface area contributed by atoms with Crippen molar-refractivity contribution >= 4 is 29.6 Å². The second kappa shape index (κ2) is 21.2. The fraction of sp³-hybridized carbons (Fsp3) is 0.718. The molecule has 0 aliphatic carbocycles. The lowest BCUT2D eigenvalue weighted by atomic mass is 9.89. The van der Waals surface area contributed by atoms with E-state index >= 15 is 0 Å². The molecule has 1 aliphatic rings. The highest BCUT2D eigenvalue weighted by molar-refractivity contribution is 5.90. The molecular weight excluding hydrogens is 666 g/mol. The third-order valence-electron chi connectivity index (χ3n) is 10.6. The van der Waals surface area contributed by atoms with Gasteiger partial charge < -0.3 is 40.3 Å². The third-order valence-corrected chi connectivity index (χ3v) is 10.6. The maximum atomic E-state index is 14.1. The van der Waals surface area contributed by atoms with Crippen LogP contribution in [0.5, 0.6) is 0 Å². The second-order valence-electron chi connectivity index (χ2n) is 14.9. The molecule has 1 aromatic rings. The summed E-state index contributed by atoms with van der Waals surface area (Å²) >= 11 is 0. The highest BCUT2D eigenvalue weighted by atomic mass is 16.5. The Morgan fingerprint density at radius 2 is 1.54 bits per heavy atom. The van der Waals surface area contributed by atoms with Gasteiger partial charge in [-0.3, -0.25) is 19.2 Å². The van der Waals surface area contributed by atoms with Gasteiger partial charge in [0.2, 0.25) is 23.6 Å². The Balaban J connectivity index is 2.26. The maximum Gasteiger partial charge on any atom is 0.326 e. The van der Waals surface area contributed by atoms with Gasteiger partial charge in [-0.05, 0) is 43.2 Å². The number of rotatable bonds is 21. The van der Waals surface area contributed by atoms with Crippen molar-refractivity contribution < 1.29 is 38.6 Å². The van der Waals surface area contributed by atoms with E-state index in [2.05, 4.69) is 16.0 Å². The van der Waals surface area contributed by atoms with Crippen molar-refractivity contribution in [3.8, 4) is 0 Å². The molecule has 1 aromatic carbocycles. The van der Waals surface area contributed by atoms with Crippen molar-refractivity contribution in [2.75, 3.05) is 34.9 Å². The highest BCUT2D eigenvalue weighted by Crippen LogP contribution is 2.29. The first-order valence-electron chi connectivity index (χ1n) is 18.7. The molecule has 13 heteroatoms. The van der Waals surface area contributed by atoms with Gasteiger partial charge in [0.1, 0.15) is 12.1 Å². The molecule has 0 radical (unpaired) electrons. The van der Waals surface area contributed by atoms with E-state index in [1.807, 2.05) is 71.9 Å². The molecule has 294 valence electrons. The van der Waals surface area contributed by atoms with Crippen LogP contribution >= 0.6 is 0 Å². The summed E-state index contributed by atoms with van der Waals surface area (Å²) in [5.74, 6) is -3.27. The van der Waals surface area contributed by atoms with Gasteiger partial charge in [0, 0.05) is 34.2 Å². The smallest absolute Gasteiger partial charge is 0.326 e. The number of methoxy groups -OCH3 is 2. The molecule has 0 aromatic heterocycles. The number of hydrogen-bond donors (Lipinski definition) is 4. The SMILES string of the molecule is CC[C@H](C)[C@H]([C@H](CC(=O)N1CCC[C@@H]1[C@H](OC)[C@H](C)C(=O)N[C@H](Cc1ccccc1)C(=O)O)OC)N(C)C(=O)[C@H](NC(=O)[C@@H](NC)C(C)C)C(C)C. The van der Waals surface area contributed by atoms with E-state index < -0.39 is 60.2 Å². The lowest BCUT2D eigenvalue weighted by molar-refractivity contribution is -0.148. The summed E-state index contributed by atoms with van der Waals surface area (Å²) in [5, 5.41) is 18.5. The molecule has 0 saturated carbocycles. The van der Waals surface area contributed by atoms with E-state index in [-0.39, 0.29) is 48.3 Å². The molecule has 0 spiro atoms. The van der Waals surface area contributed by atoms with Gasteiger partial charge >= 0.3 is 5.97 Å². The second-order valence-corrected chi connectivity index (χ2v) is 14.9. The minimum atomic E-state index is -1.14. The molecule has 13 nitrogen and oxygen atoms in total. The van der Waals surface area contributed by atoms with E-state index in [0.29, 0.717) is 19.4 Å². The number of benzene rings is 1. The number of amides is 4. The van der Waals surface area contributed by atoms with Gasteiger partial charge in [-0.25, -0.2) is 4.79 Å². The summed E-state index contributed by atoms with van der Waals surface area (Å²) in [5.41, 5.74) is 0.785. The average molecular weight is 732 g/mol. The Hall–Kier alpha value is -3.55. The van der Waals surface area contributed by atoms with Gasteiger partial charge in [-0.15, -0.1) is 0 Å². The summed E-state index contributed by atoms with van der Waals surface area (Å²) in [7, 11) is 6.46. The summed E-state index contributed by atoms with van der Waals surface area (Å²) in [6, 6.07) is 5.84. The normalized spacial score (nSPS) is 19.2. The summed E-state index contributed by atoms with van der Waals surface area (Å²) in [6.45, 7) is 13.9. The van der Waals surface area contributed by atoms with Crippen molar-refractivity contribution in [3.63, 3.8) is 0 Å². The Labute approximate surface area is 310 Å². The topological polar surface area (TPSA) is 167 Å². The van der Waals surface area contributed by atoms with Crippen LogP contribution in [0.15, 0.2) is 30.3 Å². The molecule has 2 rings (SSSR count). The number of ether oxygens (including phenoxy) is 2. The number of carboxylic acids is 1. The fourth-order valence-electron chi connectivity index (χ4n) is 7.40. The van der Waals surface area contributed by atoms with Crippen LogP contribution in [0.2, 0.25) is 0 Å². The van der Waals surface area contributed by atoms with Gasteiger partial charge in [0.05, 0.1) is 42.7 Å². The zero-order valence-corrected chi connectivity index (χ0v) is 33.2. The zero-order valence-electron chi connectivity index (χ0n) is 33.2. The van der Waals surface area contributed by atoms with Gasteiger partial charge in [-0.2, -0.15) is 0 Å². The Kier molecular flexibility index (Phi) is 18.2. The average Bonchev–Trinajstić information content (AvgIpc) is 3.59. The van der Waals surface area contributed by atoms with Crippen LogP contribution < -0.4 is 16.0 Å². The monoisotopic (exact) mass is 731 g/mol. The van der Waals surface area contributed by atoms with E-state index in [4.69, 9.17) is 9.47 Å². The first-order valence-corrected chi connectivity index (χ1v) is 18.7. The Bertz CT molecular complexity index is 1310. The number of carboxylic acid groups (broad SMARTS) is 1. The van der Waals surface area contributed by atoms with Crippen LogP contribution in [-0.4, -0.2) is 122 Å². The van der Waals surface area contributed by atoms with Crippen LogP contribution in [-0.2, 0) is 39.9 Å². The summed E-state index contributed by atoms with van der Waals surface area (Å²) < 4.78 is 11.8. The van der Waals surface area contributed by atoms with Crippen LogP contribution in [0.3, 0.4) is 0 Å². The number of nitrogens with one attached hydrogen (secondary N) is 3. The van der Waals surface area contributed by atoms with Crippen LogP contribution in [0.1, 0.15) is 79.7 Å². The Morgan fingerprint density at radius 1 is 0.923 bits per heavy atom. The minimum Gasteiger partial charge on any atom is -0.480 e. The molecule has 52 heavy (non-hydrogen) atoms. The van der Waals surface area contributed by atoms with Gasteiger partial charge in [0.25, 0.3) is 0 Å². The van der Waals surface area contributed by atoms with Gasteiger partial charge in [0.15, 0.2) is 0 Å². The van der Waals surface area contributed by atoms with Crippen molar-refractivity contribution in [1.82, 2.24) is 25.8 Å². The standard InChI is InChI=1S/C39H65N5O8/c1-12-25(6)34(43(9)38(48)33(24(4)5)42-37(47)32(40-8)23(2)3)30(51-10)22-31(45)44-20-16-19-29(44)35(52-11)26(7)36(46)41-28(39(49)50)21-27-17-14-13-15-18-27/h13-15,17-18,23-26,28-30,32-35,40H,12,16,19-22H2,1-11H3,(H,41,46)(H,42,47)(H,49,50)/t25-,26-,28+,29+,30-,32-,33+,34+,35+/m0/s1. The number of nitrogens with zero attached hydrogens (tertiary/aromatic N) is 2. The quantitative estimate of drug-likeness (QED) is 0.149. The Morgan fingerprint density at radius 3 is 2.04 bits per heavy atom. The van der Waals surface area contributed by atoms with Crippen LogP contribution in [0.25, 0.3) is 0 Å². The number of aliphatic carboxylic acids is 1. The summed E-state index contributed by atoms with van der Waals surface area (Å²) in [4.78, 5) is 70.3. The zero-order chi connectivity index (χ0) is 39.3. The summed E-state index contributed by atoms with van der Waals surface area (Å²) in [6.07, 6.45) is 0.818. The van der Waals surface area contributed by atoms with Crippen molar-refractivity contribution in [3.05, 3.63) is 35.9 Å². The molecule has 1 aliphatic heterocycles. The molecule has 1 heterocycles. The van der Waals surface area contributed by atoms with Crippen LogP contribution in [0, 0.1) is 23.7 Å². The van der Waals surface area contributed by atoms with Crippen molar-refractivity contribution in [2.24, 2.45) is 23.7 Å². The third kappa shape index (κ3) is 11.7. The largest absolute Gasteiger partial charge is 0.480 e.